The molecule has 0 bridgehead atoms. The third-order valence-electron chi connectivity index (χ3n) is 7.06. The average molecular weight is 530 g/mol. The van der Waals surface area contributed by atoms with Crippen LogP contribution in [0.15, 0.2) is 47.4 Å². The van der Waals surface area contributed by atoms with Crippen LogP contribution in [0.3, 0.4) is 0 Å². The summed E-state index contributed by atoms with van der Waals surface area (Å²) in [5.74, 6) is -0.560. The van der Waals surface area contributed by atoms with Crippen molar-refractivity contribution in [1.29, 1.82) is 0 Å². The van der Waals surface area contributed by atoms with Gasteiger partial charge in [-0.25, -0.2) is 8.42 Å². The van der Waals surface area contributed by atoms with E-state index in [1.165, 1.54) is 11.4 Å². The Morgan fingerprint density at radius 3 is 2.51 bits per heavy atom. The molecule has 1 fully saturated rings. The molecule has 2 aromatic carbocycles. The number of likely N-dealkylation sites (N-methyl/N-ethyl adjacent to an activating group) is 1. The van der Waals surface area contributed by atoms with Gasteiger partial charge >= 0.3 is 0 Å². The number of aliphatic hydroxyl groups excluding tert-OH is 1. The molecule has 0 aromatic heterocycles. The second kappa shape index (κ2) is 10.8. The number of sulfonamides is 1. The van der Waals surface area contributed by atoms with Crippen molar-refractivity contribution in [3.63, 3.8) is 0 Å². The lowest BCUT2D eigenvalue weighted by atomic mass is 9.99. The Labute approximate surface area is 218 Å². The van der Waals surface area contributed by atoms with Gasteiger partial charge in [-0.1, -0.05) is 30.7 Å². The van der Waals surface area contributed by atoms with E-state index < -0.39 is 22.2 Å². The second-order valence-corrected chi connectivity index (χ2v) is 12.2. The molecule has 1 aliphatic heterocycles. The number of fused-ring (bicyclic) bond motifs is 1. The molecule has 1 aliphatic carbocycles. The summed E-state index contributed by atoms with van der Waals surface area (Å²) >= 11 is 0. The average Bonchev–Trinajstić information content (AvgIpc) is 3.72. The number of ether oxygens (including phenoxy) is 1. The molecule has 1 heterocycles. The maximum Gasteiger partial charge on any atom is 0.258 e. The molecule has 0 saturated heterocycles. The number of rotatable bonds is 8. The summed E-state index contributed by atoms with van der Waals surface area (Å²) in [7, 11) is -2.29. The van der Waals surface area contributed by atoms with Gasteiger partial charge in [-0.2, -0.15) is 4.31 Å². The molecule has 9 nitrogen and oxygen atoms in total. The maximum atomic E-state index is 13.5. The van der Waals surface area contributed by atoms with Crippen LogP contribution < -0.4 is 10.1 Å². The molecule has 3 atom stereocenters. The first-order valence-electron chi connectivity index (χ1n) is 12.6. The molecule has 2 aliphatic rings. The number of amides is 2. The number of anilines is 1. The number of aryl methyl sites for hydroxylation is 1. The van der Waals surface area contributed by atoms with Crippen LogP contribution in [0.25, 0.3) is 0 Å². The fraction of sp³-hybridized carbons (Fsp3) is 0.481. The van der Waals surface area contributed by atoms with E-state index in [0.717, 1.165) is 18.4 Å². The van der Waals surface area contributed by atoms with Gasteiger partial charge in [-0.3, -0.25) is 9.59 Å². The van der Waals surface area contributed by atoms with Crippen LogP contribution >= 0.6 is 0 Å². The number of carbonyl (C=O) groups is 2. The Morgan fingerprint density at radius 2 is 1.89 bits per heavy atom. The predicted octanol–water partition coefficient (Wildman–Crippen LogP) is 2.88. The Hall–Kier alpha value is -2.95. The number of para-hydroxylation sites is 1. The molecule has 200 valence electrons. The zero-order valence-corrected chi connectivity index (χ0v) is 22.5. The maximum absolute atomic E-state index is 13.5. The van der Waals surface area contributed by atoms with Gasteiger partial charge in [-0.05, 0) is 51.0 Å². The van der Waals surface area contributed by atoms with Crippen LogP contribution in [0.4, 0.5) is 5.69 Å². The third-order valence-corrected chi connectivity index (χ3v) is 8.90. The minimum absolute atomic E-state index is 0.0251. The smallest absolute Gasteiger partial charge is 0.258 e. The van der Waals surface area contributed by atoms with Crippen LogP contribution in [0.2, 0.25) is 0 Å². The summed E-state index contributed by atoms with van der Waals surface area (Å²) in [6.45, 7) is 5.60. The first kappa shape index (κ1) is 27.1. The lowest BCUT2D eigenvalue weighted by molar-refractivity contribution is -0.117. The highest BCUT2D eigenvalue weighted by molar-refractivity contribution is 7.89. The van der Waals surface area contributed by atoms with Gasteiger partial charge in [0.1, 0.15) is 6.10 Å². The largest absolute Gasteiger partial charge is 0.486 e. The Kier molecular flexibility index (Phi) is 7.91. The molecule has 0 radical (unpaired) electrons. The number of hydrogen-bond acceptors (Lipinski definition) is 6. The van der Waals surface area contributed by atoms with Gasteiger partial charge < -0.3 is 20.1 Å². The highest BCUT2D eigenvalue weighted by Gasteiger charge is 2.37. The third kappa shape index (κ3) is 5.81. The standard InChI is InChI=1S/C27H35N3O6S/c1-17-8-12-21(13-9-17)37(34,35)29(4)15-24-18(2)14-30(19(3)16-31)27(33)22-6-5-7-23(25(22)36-24)28-26(32)20-10-11-20/h5-9,12-13,18-20,24,31H,10-11,14-16H2,1-4H3,(H,28,32)/t18-,19+,24-/m0/s1. The molecule has 37 heavy (non-hydrogen) atoms. The van der Waals surface area contributed by atoms with E-state index in [1.807, 2.05) is 13.8 Å². The van der Waals surface area contributed by atoms with E-state index in [2.05, 4.69) is 5.32 Å². The molecule has 4 rings (SSSR count). The SMILES string of the molecule is Cc1ccc(S(=O)(=O)N(C)C[C@@H]2Oc3c(NC(=O)C4CC4)cccc3C(=O)N([C@H](C)CO)C[C@@H]2C)cc1. The number of aliphatic hydroxyl groups is 1. The topological polar surface area (TPSA) is 116 Å². The highest BCUT2D eigenvalue weighted by Crippen LogP contribution is 2.37. The normalized spacial score (nSPS) is 21.0. The van der Waals surface area contributed by atoms with E-state index in [9.17, 15) is 23.1 Å². The van der Waals surface area contributed by atoms with E-state index >= 15 is 0 Å². The van der Waals surface area contributed by atoms with Crippen LogP contribution in [0.1, 0.15) is 42.6 Å². The van der Waals surface area contributed by atoms with Crippen molar-refractivity contribution in [2.75, 3.05) is 32.1 Å². The quantitative estimate of drug-likeness (QED) is 0.543. The molecular weight excluding hydrogens is 494 g/mol. The van der Waals surface area contributed by atoms with E-state index in [-0.39, 0.29) is 59.6 Å². The van der Waals surface area contributed by atoms with E-state index in [0.29, 0.717) is 5.69 Å². The van der Waals surface area contributed by atoms with Crippen LogP contribution in [0.5, 0.6) is 5.75 Å². The Morgan fingerprint density at radius 1 is 1.22 bits per heavy atom. The van der Waals surface area contributed by atoms with Crippen molar-refractivity contribution in [3.8, 4) is 5.75 Å². The van der Waals surface area contributed by atoms with Crippen molar-refractivity contribution in [1.82, 2.24) is 9.21 Å². The first-order chi connectivity index (χ1) is 17.5. The summed E-state index contributed by atoms with van der Waals surface area (Å²) in [4.78, 5) is 27.9. The molecule has 0 spiro atoms. The molecular formula is C27H35N3O6S. The van der Waals surface area contributed by atoms with Crippen LogP contribution in [-0.4, -0.2) is 73.4 Å². The predicted molar refractivity (Wildman–Crippen MR) is 140 cm³/mol. The summed E-state index contributed by atoms with van der Waals surface area (Å²) in [6.07, 6.45) is 1.01. The van der Waals surface area contributed by atoms with Gasteiger partial charge in [0, 0.05) is 25.4 Å². The van der Waals surface area contributed by atoms with Crippen molar-refractivity contribution < 1.29 is 27.9 Å². The number of nitrogens with one attached hydrogen (secondary N) is 1. The number of carbonyl (C=O) groups excluding carboxylic acids is 2. The van der Waals surface area contributed by atoms with Gasteiger partial charge in [-0.15, -0.1) is 0 Å². The molecule has 2 amide bonds. The van der Waals surface area contributed by atoms with Crippen LogP contribution in [0, 0.1) is 18.8 Å². The molecule has 1 saturated carbocycles. The van der Waals surface area contributed by atoms with E-state index in [4.69, 9.17) is 4.74 Å². The van der Waals surface area contributed by atoms with Crippen LogP contribution in [-0.2, 0) is 14.8 Å². The minimum atomic E-state index is -3.79. The van der Waals surface area contributed by atoms with Gasteiger partial charge in [0.2, 0.25) is 15.9 Å². The summed E-state index contributed by atoms with van der Waals surface area (Å²) in [5.41, 5.74) is 1.59. The summed E-state index contributed by atoms with van der Waals surface area (Å²) in [5, 5.41) is 12.7. The fourth-order valence-electron chi connectivity index (χ4n) is 4.38. The molecule has 2 N–H and O–H groups in total. The highest BCUT2D eigenvalue weighted by atomic mass is 32.2. The monoisotopic (exact) mass is 529 g/mol. The van der Waals surface area contributed by atoms with Crippen molar-refractivity contribution >= 4 is 27.5 Å². The number of nitrogens with zero attached hydrogens (tertiary/aromatic N) is 2. The first-order valence-corrected chi connectivity index (χ1v) is 14.0. The molecule has 2 aromatic rings. The number of hydrogen-bond donors (Lipinski definition) is 2. The van der Waals surface area contributed by atoms with Crippen molar-refractivity contribution in [2.45, 2.75) is 50.7 Å². The molecule has 10 heteroatoms. The summed E-state index contributed by atoms with van der Waals surface area (Å²) in [6, 6.07) is 11.2. The van der Waals surface area contributed by atoms with Crippen molar-refractivity contribution in [3.05, 3.63) is 53.6 Å². The van der Waals surface area contributed by atoms with E-state index in [1.54, 1.807) is 54.3 Å². The number of benzene rings is 2. The zero-order chi connectivity index (χ0) is 26.9. The van der Waals surface area contributed by atoms with Gasteiger partial charge in [0.15, 0.2) is 5.75 Å². The lowest BCUT2D eigenvalue weighted by Gasteiger charge is -2.38. The van der Waals surface area contributed by atoms with Gasteiger partial charge in [0.25, 0.3) is 5.91 Å². The fourth-order valence-corrected chi connectivity index (χ4v) is 5.56. The zero-order valence-electron chi connectivity index (χ0n) is 21.7. The Bertz CT molecular complexity index is 1260. The Balaban J connectivity index is 1.70. The second-order valence-electron chi connectivity index (χ2n) is 10.2. The lowest BCUT2D eigenvalue weighted by Crippen LogP contribution is -2.50. The van der Waals surface area contributed by atoms with Crippen molar-refractivity contribution in [2.24, 2.45) is 11.8 Å². The molecule has 0 unspecified atom stereocenters. The minimum Gasteiger partial charge on any atom is -0.486 e. The summed E-state index contributed by atoms with van der Waals surface area (Å²) < 4.78 is 34.3. The van der Waals surface area contributed by atoms with Gasteiger partial charge in [0.05, 0.1) is 35.3 Å².